The Balaban J connectivity index is 2.21. The monoisotopic (exact) mass is 297 g/mol. The van der Waals surface area contributed by atoms with Gasteiger partial charge in [0.25, 0.3) is 0 Å². The summed E-state index contributed by atoms with van der Waals surface area (Å²) in [7, 11) is 1.85. The van der Waals surface area contributed by atoms with Crippen molar-refractivity contribution >= 4 is 5.69 Å². The molecule has 1 aromatic heterocycles. The van der Waals surface area contributed by atoms with E-state index in [1.165, 1.54) is 13.0 Å². The normalized spacial score (nSPS) is 11.8. The molecule has 0 amide bonds. The van der Waals surface area contributed by atoms with Gasteiger partial charge >= 0.3 is 6.18 Å². The van der Waals surface area contributed by atoms with Crippen LogP contribution in [0.15, 0.2) is 18.2 Å². The molecule has 0 aliphatic carbocycles. The van der Waals surface area contributed by atoms with Crippen molar-refractivity contribution < 1.29 is 13.2 Å². The first-order valence-corrected chi connectivity index (χ1v) is 6.61. The van der Waals surface area contributed by atoms with Crippen molar-refractivity contribution in [3.63, 3.8) is 0 Å². The topological polar surface area (TPSA) is 29.9 Å². The van der Waals surface area contributed by atoms with Crippen LogP contribution in [0.4, 0.5) is 18.9 Å². The fourth-order valence-corrected chi connectivity index (χ4v) is 2.30. The molecule has 0 saturated heterocycles. The summed E-state index contributed by atoms with van der Waals surface area (Å²) in [5, 5.41) is 7.33. The van der Waals surface area contributed by atoms with Crippen molar-refractivity contribution in [2.75, 3.05) is 5.32 Å². The van der Waals surface area contributed by atoms with Crippen LogP contribution in [-0.2, 0) is 19.8 Å². The van der Waals surface area contributed by atoms with Gasteiger partial charge in [-0.3, -0.25) is 4.68 Å². The van der Waals surface area contributed by atoms with Crippen LogP contribution < -0.4 is 5.32 Å². The Labute approximate surface area is 121 Å². The second-order valence-corrected chi connectivity index (χ2v) is 5.15. The maximum atomic E-state index is 12.9. The van der Waals surface area contributed by atoms with E-state index in [0.717, 1.165) is 23.0 Å². The van der Waals surface area contributed by atoms with Gasteiger partial charge in [0.2, 0.25) is 0 Å². The van der Waals surface area contributed by atoms with Gasteiger partial charge < -0.3 is 5.32 Å². The van der Waals surface area contributed by atoms with Crippen LogP contribution in [0.1, 0.15) is 28.1 Å². The number of aromatic nitrogens is 2. The van der Waals surface area contributed by atoms with Gasteiger partial charge in [-0.2, -0.15) is 18.3 Å². The largest absolute Gasteiger partial charge is 0.416 e. The van der Waals surface area contributed by atoms with Crippen molar-refractivity contribution in [3.05, 3.63) is 46.3 Å². The van der Waals surface area contributed by atoms with E-state index in [9.17, 15) is 13.2 Å². The molecule has 2 aromatic rings. The van der Waals surface area contributed by atoms with Gasteiger partial charge in [0.1, 0.15) is 0 Å². The van der Waals surface area contributed by atoms with Crippen LogP contribution in [0.3, 0.4) is 0 Å². The summed E-state index contributed by atoms with van der Waals surface area (Å²) in [6.07, 6.45) is -4.33. The zero-order valence-electron chi connectivity index (χ0n) is 12.5. The molecule has 0 aliphatic heterocycles. The predicted molar refractivity (Wildman–Crippen MR) is 76.2 cm³/mol. The quantitative estimate of drug-likeness (QED) is 0.929. The Morgan fingerprint density at radius 3 is 2.38 bits per heavy atom. The highest BCUT2D eigenvalue weighted by atomic mass is 19.4. The lowest BCUT2D eigenvalue weighted by Crippen LogP contribution is -2.09. The van der Waals surface area contributed by atoms with Crippen LogP contribution in [0.5, 0.6) is 0 Å². The van der Waals surface area contributed by atoms with Crippen molar-refractivity contribution in [1.29, 1.82) is 0 Å². The molecule has 3 nitrogen and oxygen atoms in total. The van der Waals surface area contributed by atoms with Crippen LogP contribution in [0.25, 0.3) is 0 Å². The van der Waals surface area contributed by atoms with Gasteiger partial charge in [-0.15, -0.1) is 0 Å². The Morgan fingerprint density at radius 2 is 1.86 bits per heavy atom. The molecule has 0 saturated carbocycles. The zero-order valence-corrected chi connectivity index (χ0v) is 12.5. The second kappa shape index (κ2) is 5.42. The van der Waals surface area contributed by atoms with E-state index in [0.29, 0.717) is 12.2 Å². The number of nitrogens with zero attached hydrogens (tertiary/aromatic N) is 2. The third-order valence-corrected chi connectivity index (χ3v) is 3.67. The second-order valence-electron chi connectivity index (χ2n) is 5.15. The SMILES string of the molecule is Cc1ccc(NCc2c(C)nn(C)c2C)cc1C(F)(F)F. The highest BCUT2D eigenvalue weighted by molar-refractivity contribution is 5.50. The number of halogens is 3. The summed E-state index contributed by atoms with van der Waals surface area (Å²) in [5.41, 5.74) is 2.96. The number of benzene rings is 1. The third kappa shape index (κ3) is 3.20. The molecule has 0 radical (unpaired) electrons. The minimum atomic E-state index is -4.33. The van der Waals surface area contributed by atoms with E-state index in [1.807, 2.05) is 20.9 Å². The highest BCUT2D eigenvalue weighted by Gasteiger charge is 2.32. The molecule has 21 heavy (non-hydrogen) atoms. The summed E-state index contributed by atoms with van der Waals surface area (Å²) in [6.45, 7) is 5.74. The van der Waals surface area contributed by atoms with E-state index in [1.54, 1.807) is 10.7 Å². The molecule has 0 atom stereocenters. The van der Waals surface area contributed by atoms with Gasteiger partial charge in [-0.25, -0.2) is 0 Å². The van der Waals surface area contributed by atoms with E-state index < -0.39 is 11.7 Å². The summed E-state index contributed by atoms with van der Waals surface area (Å²) in [5.74, 6) is 0. The summed E-state index contributed by atoms with van der Waals surface area (Å²) >= 11 is 0. The van der Waals surface area contributed by atoms with E-state index in [2.05, 4.69) is 10.4 Å². The van der Waals surface area contributed by atoms with E-state index in [-0.39, 0.29) is 5.56 Å². The van der Waals surface area contributed by atoms with Crippen molar-refractivity contribution in [2.24, 2.45) is 7.05 Å². The highest BCUT2D eigenvalue weighted by Crippen LogP contribution is 2.33. The molecule has 1 aromatic carbocycles. The molecule has 0 spiro atoms. The average Bonchev–Trinajstić information content (AvgIpc) is 2.61. The fourth-order valence-electron chi connectivity index (χ4n) is 2.30. The minimum absolute atomic E-state index is 0.224. The Morgan fingerprint density at radius 1 is 1.19 bits per heavy atom. The fraction of sp³-hybridized carbons (Fsp3) is 0.400. The van der Waals surface area contributed by atoms with Crippen LogP contribution in [0, 0.1) is 20.8 Å². The lowest BCUT2D eigenvalue weighted by Gasteiger charge is -2.13. The zero-order chi connectivity index (χ0) is 15.8. The lowest BCUT2D eigenvalue weighted by molar-refractivity contribution is -0.138. The molecular weight excluding hydrogens is 279 g/mol. The number of anilines is 1. The first kappa shape index (κ1) is 15.4. The minimum Gasteiger partial charge on any atom is -0.381 e. The third-order valence-electron chi connectivity index (χ3n) is 3.67. The summed E-state index contributed by atoms with van der Waals surface area (Å²) in [4.78, 5) is 0. The van der Waals surface area contributed by atoms with Gasteiger partial charge in [0.05, 0.1) is 11.3 Å². The van der Waals surface area contributed by atoms with Crippen LogP contribution in [-0.4, -0.2) is 9.78 Å². The smallest absolute Gasteiger partial charge is 0.381 e. The predicted octanol–water partition coefficient (Wildman–Crippen LogP) is 3.98. The molecular formula is C15H18F3N3. The van der Waals surface area contributed by atoms with Gasteiger partial charge in [-0.05, 0) is 38.5 Å². The molecule has 1 heterocycles. The first-order valence-electron chi connectivity index (χ1n) is 6.61. The number of hydrogen-bond donors (Lipinski definition) is 1. The molecule has 0 fully saturated rings. The van der Waals surface area contributed by atoms with E-state index in [4.69, 9.17) is 0 Å². The maximum absolute atomic E-state index is 12.9. The summed E-state index contributed by atoms with van der Waals surface area (Å²) in [6, 6.07) is 4.29. The Kier molecular flexibility index (Phi) is 3.98. The molecule has 2 rings (SSSR count). The van der Waals surface area contributed by atoms with Crippen molar-refractivity contribution in [1.82, 2.24) is 9.78 Å². The Bertz CT molecular complexity index is 657. The van der Waals surface area contributed by atoms with Gasteiger partial charge in [0.15, 0.2) is 0 Å². The molecule has 0 bridgehead atoms. The van der Waals surface area contributed by atoms with E-state index >= 15 is 0 Å². The molecule has 114 valence electrons. The number of nitrogens with one attached hydrogen (secondary N) is 1. The standard InChI is InChI=1S/C15H18F3N3/c1-9-5-6-12(7-14(9)15(16,17)18)19-8-13-10(2)20-21(4)11(13)3/h5-7,19H,8H2,1-4H3. The summed E-state index contributed by atoms with van der Waals surface area (Å²) < 4.78 is 40.4. The number of alkyl halides is 3. The van der Waals surface area contributed by atoms with Crippen LogP contribution in [0.2, 0.25) is 0 Å². The van der Waals surface area contributed by atoms with Gasteiger partial charge in [0, 0.05) is 30.5 Å². The molecule has 6 heteroatoms. The van der Waals surface area contributed by atoms with Gasteiger partial charge in [-0.1, -0.05) is 6.07 Å². The average molecular weight is 297 g/mol. The van der Waals surface area contributed by atoms with Crippen molar-refractivity contribution in [2.45, 2.75) is 33.5 Å². The lowest BCUT2D eigenvalue weighted by atomic mass is 10.1. The number of aryl methyl sites for hydroxylation is 3. The number of hydrogen-bond acceptors (Lipinski definition) is 2. The van der Waals surface area contributed by atoms with Crippen molar-refractivity contribution in [3.8, 4) is 0 Å². The van der Waals surface area contributed by atoms with Crippen LogP contribution >= 0.6 is 0 Å². The molecule has 0 unspecified atom stereocenters. The Hall–Kier alpha value is -1.98. The first-order chi connectivity index (χ1) is 9.70. The maximum Gasteiger partial charge on any atom is 0.416 e. The molecule has 0 aliphatic rings. The molecule has 1 N–H and O–H groups in total. The number of rotatable bonds is 3.